The molecule has 30 heavy (non-hydrogen) atoms. The number of para-hydroxylation sites is 2. The van der Waals surface area contributed by atoms with E-state index in [0.717, 1.165) is 24.5 Å². The third kappa shape index (κ3) is 2.81. The average Bonchev–Trinajstić information content (AvgIpc) is 3.07. The van der Waals surface area contributed by atoms with Crippen molar-refractivity contribution in [1.29, 1.82) is 0 Å². The zero-order valence-corrected chi connectivity index (χ0v) is 17.8. The first-order valence-electron chi connectivity index (χ1n) is 11.2. The van der Waals surface area contributed by atoms with E-state index in [1.807, 2.05) is 0 Å². The average molecular weight is 400 g/mol. The summed E-state index contributed by atoms with van der Waals surface area (Å²) in [7, 11) is 0. The molecule has 0 N–H and O–H groups in total. The number of likely N-dealkylation sites (tertiary alicyclic amines) is 1. The standard InChI is InChI=1S/C26H29N3O/c1-18-7-3-5-9-22(18)29-24(13-19(2)27-29)20-14-26(15-20)16-28(17-26)23-11-12-30-25-10-6-4-8-21(23)25/h3-10,13,20,23H,11-12,14-17H2,1-2H3. The molecule has 0 bridgehead atoms. The first-order valence-corrected chi connectivity index (χ1v) is 11.2. The SMILES string of the molecule is Cc1cc(C2CC3(C2)CN(C2CCOc4ccccc42)C3)n(-c2ccccc2C)n1. The van der Waals surface area contributed by atoms with Gasteiger partial charge in [0.1, 0.15) is 5.75 Å². The minimum absolute atomic E-state index is 0.507. The predicted molar refractivity (Wildman–Crippen MR) is 118 cm³/mol. The summed E-state index contributed by atoms with van der Waals surface area (Å²) in [5.41, 5.74) is 6.89. The Bertz CT molecular complexity index is 1090. The lowest BCUT2D eigenvalue weighted by Crippen LogP contribution is -2.62. The second kappa shape index (κ2) is 6.71. The van der Waals surface area contributed by atoms with E-state index in [1.165, 1.54) is 48.4 Å². The van der Waals surface area contributed by atoms with Gasteiger partial charge in [0, 0.05) is 42.7 Å². The lowest BCUT2D eigenvalue weighted by Gasteiger charge is -2.61. The molecule has 2 fully saturated rings. The Morgan fingerprint density at radius 2 is 1.77 bits per heavy atom. The summed E-state index contributed by atoms with van der Waals surface area (Å²) >= 11 is 0. The number of aromatic nitrogens is 2. The molecule has 1 saturated carbocycles. The third-order valence-electron chi connectivity index (χ3n) is 7.42. The van der Waals surface area contributed by atoms with E-state index < -0.39 is 0 Å². The summed E-state index contributed by atoms with van der Waals surface area (Å²) in [6.07, 6.45) is 3.67. The molecule has 1 atom stereocenters. The lowest BCUT2D eigenvalue weighted by molar-refractivity contribution is -0.102. The van der Waals surface area contributed by atoms with Gasteiger partial charge in [-0.05, 0) is 55.9 Å². The first-order chi connectivity index (χ1) is 14.6. The molecular weight excluding hydrogens is 370 g/mol. The highest BCUT2D eigenvalue weighted by Crippen LogP contribution is 2.58. The molecule has 1 aromatic heterocycles. The van der Waals surface area contributed by atoms with Crippen molar-refractivity contribution in [2.75, 3.05) is 19.7 Å². The van der Waals surface area contributed by atoms with Gasteiger partial charge in [-0.3, -0.25) is 4.90 Å². The van der Waals surface area contributed by atoms with Gasteiger partial charge in [0.05, 0.1) is 18.0 Å². The number of hydrogen-bond acceptors (Lipinski definition) is 3. The van der Waals surface area contributed by atoms with E-state index in [1.54, 1.807) is 0 Å². The normalized spacial score (nSPS) is 22.8. The molecule has 1 aliphatic carbocycles. The van der Waals surface area contributed by atoms with Crippen molar-refractivity contribution in [3.05, 3.63) is 77.1 Å². The van der Waals surface area contributed by atoms with Crippen LogP contribution >= 0.6 is 0 Å². The summed E-state index contributed by atoms with van der Waals surface area (Å²) in [5, 5.41) is 4.84. The number of benzene rings is 2. The van der Waals surface area contributed by atoms with Crippen LogP contribution in [-0.2, 0) is 0 Å². The second-order valence-electron chi connectivity index (χ2n) is 9.61. The van der Waals surface area contributed by atoms with Crippen molar-refractivity contribution in [2.45, 2.75) is 45.1 Å². The molecule has 2 aromatic carbocycles. The van der Waals surface area contributed by atoms with Crippen LogP contribution in [0.1, 0.15) is 53.7 Å². The van der Waals surface area contributed by atoms with Crippen molar-refractivity contribution in [3.63, 3.8) is 0 Å². The molecule has 2 aliphatic heterocycles. The van der Waals surface area contributed by atoms with Gasteiger partial charge in [0.2, 0.25) is 0 Å². The minimum atomic E-state index is 0.507. The maximum atomic E-state index is 5.87. The fourth-order valence-electron chi connectivity index (χ4n) is 6.00. The Kier molecular flexibility index (Phi) is 4.07. The number of nitrogens with zero attached hydrogens (tertiary/aromatic N) is 3. The smallest absolute Gasteiger partial charge is 0.124 e. The van der Waals surface area contributed by atoms with Gasteiger partial charge in [-0.2, -0.15) is 5.10 Å². The van der Waals surface area contributed by atoms with Gasteiger partial charge < -0.3 is 4.74 Å². The Morgan fingerprint density at radius 1 is 1.00 bits per heavy atom. The molecule has 1 spiro atoms. The van der Waals surface area contributed by atoms with Crippen LogP contribution in [0.15, 0.2) is 54.6 Å². The molecule has 1 unspecified atom stereocenters. The summed E-state index contributed by atoms with van der Waals surface area (Å²) in [5.74, 6) is 1.70. The Labute approximate surface area is 178 Å². The number of rotatable bonds is 3. The quantitative estimate of drug-likeness (QED) is 0.607. The molecule has 4 heteroatoms. The molecule has 3 heterocycles. The van der Waals surface area contributed by atoms with Crippen molar-refractivity contribution >= 4 is 0 Å². The minimum Gasteiger partial charge on any atom is -0.493 e. The van der Waals surface area contributed by atoms with Gasteiger partial charge in [-0.1, -0.05) is 36.4 Å². The zero-order chi connectivity index (χ0) is 20.3. The fraction of sp³-hybridized carbons (Fsp3) is 0.423. The van der Waals surface area contributed by atoms with E-state index in [0.29, 0.717) is 17.4 Å². The topological polar surface area (TPSA) is 30.3 Å². The summed E-state index contributed by atoms with van der Waals surface area (Å²) in [6, 6.07) is 20.0. The largest absolute Gasteiger partial charge is 0.493 e. The van der Waals surface area contributed by atoms with Crippen LogP contribution < -0.4 is 4.74 Å². The van der Waals surface area contributed by atoms with Crippen molar-refractivity contribution in [2.24, 2.45) is 5.41 Å². The maximum absolute atomic E-state index is 5.87. The Hall–Kier alpha value is -2.59. The van der Waals surface area contributed by atoms with Crippen molar-refractivity contribution in [1.82, 2.24) is 14.7 Å². The molecule has 1 saturated heterocycles. The van der Waals surface area contributed by atoms with E-state index in [-0.39, 0.29) is 0 Å². The van der Waals surface area contributed by atoms with Gasteiger partial charge in [0.25, 0.3) is 0 Å². The lowest BCUT2D eigenvalue weighted by atomic mass is 9.56. The van der Waals surface area contributed by atoms with E-state index in [4.69, 9.17) is 9.84 Å². The first kappa shape index (κ1) is 18.2. The Morgan fingerprint density at radius 3 is 2.60 bits per heavy atom. The van der Waals surface area contributed by atoms with Crippen LogP contribution in [0.2, 0.25) is 0 Å². The van der Waals surface area contributed by atoms with Crippen LogP contribution in [0.4, 0.5) is 0 Å². The fourth-order valence-corrected chi connectivity index (χ4v) is 6.00. The van der Waals surface area contributed by atoms with Crippen molar-refractivity contribution < 1.29 is 4.74 Å². The molecule has 6 rings (SSSR count). The van der Waals surface area contributed by atoms with Gasteiger partial charge in [0.15, 0.2) is 0 Å². The van der Waals surface area contributed by atoms with Crippen LogP contribution in [0.25, 0.3) is 5.69 Å². The highest BCUT2D eigenvalue weighted by Gasteiger charge is 2.55. The second-order valence-corrected chi connectivity index (χ2v) is 9.61. The number of aryl methyl sites for hydroxylation is 2. The highest BCUT2D eigenvalue weighted by atomic mass is 16.5. The van der Waals surface area contributed by atoms with Crippen LogP contribution in [-0.4, -0.2) is 34.4 Å². The Balaban J connectivity index is 1.17. The molecular formula is C26H29N3O. The van der Waals surface area contributed by atoms with E-state index in [2.05, 4.69) is 78.0 Å². The van der Waals surface area contributed by atoms with Crippen LogP contribution in [0, 0.1) is 19.3 Å². The van der Waals surface area contributed by atoms with Gasteiger partial charge >= 0.3 is 0 Å². The number of fused-ring (bicyclic) bond motifs is 1. The summed E-state index contributed by atoms with van der Waals surface area (Å²) in [6.45, 7) is 7.57. The molecule has 0 radical (unpaired) electrons. The molecule has 3 aromatic rings. The van der Waals surface area contributed by atoms with E-state index in [9.17, 15) is 0 Å². The molecule has 154 valence electrons. The predicted octanol–water partition coefficient (Wildman–Crippen LogP) is 5.19. The maximum Gasteiger partial charge on any atom is 0.124 e. The zero-order valence-electron chi connectivity index (χ0n) is 17.8. The molecule has 3 aliphatic rings. The monoisotopic (exact) mass is 399 g/mol. The van der Waals surface area contributed by atoms with Crippen LogP contribution in [0.3, 0.4) is 0 Å². The van der Waals surface area contributed by atoms with Gasteiger partial charge in [-0.15, -0.1) is 0 Å². The summed E-state index contributed by atoms with van der Waals surface area (Å²) < 4.78 is 8.07. The molecule has 0 amide bonds. The molecule has 4 nitrogen and oxygen atoms in total. The summed E-state index contributed by atoms with van der Waals surface area (Å²) in [4.78, 5) is 2.68. The highest BCUT2D eigenvalue weighted by molar-refractivity contribution is 5.42. The third-order valence-corrected chi connectivity index (χ3v) is 7.42. The van der Waals surface area contributed by atoms with Gasteiger partial charge in [-0.25, -0.2) is 4.68 Å². The van der Waals surface area contributed by atoms with E-state index >= 15 is 0 Å². The van der Waals surface area contributed by atoms with Crippen molar-refractivity contribution in [3.8, 4) is 11.4 Å². The number of hydrogen-bond donors (Lipinski definition) is 0. The van der Waals surface area contributed by atoms with Crippen LogP contribution in [0.5, 0.6) is 5.75 Å². The number of ether oxygens (including phenoxy) is 1.